The van der Waals surface area contributed by atoms with E-state index in [0.29, 0.717) is 32.0 Å². The Labute approximate surface area is 83.5 Å². The van der Waals surface area contributed by atoms with E-state index in [1.165, 1.54) is 0 Å². The molecule has 2 aliphatic rings. The fourth-order valence-corrected chi connectivity index (χ4v) is 1.98. The second-order valence-electron chi connectivity index (χ2n) is 3.68. The predicted molar refractivity (Wildman–Crippen MR) is 49.8 cm³/mol. The van der Waals surface area contributed by atoms with E-state index in [1.807, 2.05) is 6.08 Å². The Morgan fingerprint density at radius 3 is 3.07 bits per heavy atom. The van der Waals surface area contributed by atoms with Crippen molar-refractivity contribution in [2.75, 3.05) is 26.9 Å². The van der Waals surface area contributed by atoms with Crippen molar-refractivity contribution in [3.05, 3.63) is 11.8 Å². The topological polar surface area (TPSA) is 47.9 Å². The van der Waals surface area contributed by atoms with Crippen LogP contribution >= 0.6 is 0 Å². The fourth-order valence-electron chi connectivity index (χ4n) is 1.98. The molecule has 0 aromatic carbocycles. The Balaban J connectivity index is 2.17. The highest BCUT2D eigenvalue weighted by Crippen LogP contribution is 2.33. The normalized spacial score (nSPS) is 37.9. The molecule has 2 aliphatic heterocycles. The third kappa shape index (κ3) is 1.54. The van der Waals surface area contributed by atoms with E-state index in [0.717, 1.165) is 6.42 Å². The molecule has 14 heavy (non-hydrogen) atoms. The number of rotatable bonds is 2. The number of methoxy groups -OCH3 is 1. The quantitative estimate of drug-likeness (QED) is 0.703. The van der Waals surface area contributed by atoms with Crippen molar-refractivity contribution >= 4 is 0 Å². The minimum Gasteiger partial charge on any atom is -0.495 e. The molecule has 2 unspecified atom stereocenters. The lowest BCUT2D eigenvalue weighted by Crippen LogP contribution is -2.52. The zero-order valence-electron chi connectivity index (χ0n) is 8.36. The minimum atomic E-state index is -0.983. The molecule has 0 bridgehead atoms. The van der Waals surface area contributed by atoms with Gasteiger partial charge in [-0.25, -0.2) is 0 Å². The van der Waals surface area contributed by atoms with Crippen molar-refractivity contribution < 1.29 is 19.3 Å². The summed E-state index contributed by atoms with van der Waals surface area (Å²) in [7, 11) is 1.58. The highest BCUT2D eigenvalue weighted by atomic mass is 16.6. The second kappa shape index (κ2) is 3.88. The maximum Gasteiger partial charge on any atom is 0.151 e. The molecule has 0 aromatic rings. The largest absolute Gasteiger partial charge is 0.495 e. The van der Waals surface area contributed by atoms with Crippen molar-refractivity contribution in [2.24, 2.45) is 0 Å². The van der Waals surface area contributed by atoms with Crippen LogP contribution in [0, 0.1) is 0 Å². The molecule has 2 atom stereocenters. The van der Waals surface area contributed by atoms with Crippen LogP contribution in [-0.2, 0) is 14.2 Å². The molecule has 4 heteroatoms. The van der Waals surface area contributed by atoms with Crippen LogP contribution in [0.25, 0.3) is 0 Å². The molecule has 80 valence electrons. The highest BCUT2D eigenvalue weighted by molar-refractivity contribution is 5.17. The van der Waals surface area contributed by atoms with E-state index >= 15 is 0 Å². The van der Waals surface area contributed by atoms with Crippen molar-refractivity contribution in [3.8, 4) is 0 Å². The molecule has 1 saturated heterocycles. The van der Waals surface area contributed by atoms with E-state index in [4.69, 9.17) is 14.2 Å². The van der Waals surface area contributed by atoms with E-state index in [-0.39, 0.29) is 6.10 Å². The zero-order chi connectivity index (χ0) is 10.0. The highest BCUT2D eigenvalue weighted by Gasteiger charge is 2.45. The number of hydrogen-bond acceptors (Lipinski definition) is 4. The SMILES string of the molecule is COC1COCCC1(O)C1=CCCO1. The van der Waals surface area contributed by atoms with Crippen LogP contribution in [0.15, 0.2) is 11.8 Å². The molecule has 0 aromatic heterocycles. The van der Waals surface area contributed by atoms with Crippen LogP contribution in [0.3, 0.4) is 0 Å². The Morgan fingerprint density at radius 1 is 1.57 bits per heavy atom. The van der Waals surface area contributed by atoms with E-state index < -0.39 is 5.60 Å². The van der Waals surface area contributed by atoms with E-state index in [9.17, 15) is 5.11 Å². The second-order valence-corrected chi connectivity index (χ2v) is 3.68. The number of aliphatic hydroxyl groups is 1. The van der Waals surface area contributed by atoms with Gasteiger partial charge in [-0.05, 0) is 6.08 Å². The summed E-state index contributed by atoms with van der Waals surface area (Å²) in [6.07, 6.45) is 3.03. The van der Waals surface area contributed by atoms with Gasteiger partial charge in [-0.2, -0.15) is 0 Å². The third-order valence-corrected chi connectivity index (χ3v) is 2.85. The minimum absolute atomic E-state index is 0.319. The first kappa shape index (κ1) is 9.96. The molecule has 0 aliphatic carbocycles. The van der Waals surface area contributed by atoms with Gasteiger partial charge in [-0.15, -0.1) is 0 Å². The maximum atomic E-state index is 10.4. The van der Waals surface area contributed by atoms with E-state index in [2.05, 4.69) is 0 Å². The predicted octanol–water partition coefficient (Wildman–Crippen LogP) is 0.457. The molecule has 0 saturated carbocycles. The summed E-state index contributed by atoms with van der Waals surface area (Å²) in [4.78, 5) is 0. The molecule has 2 rings (SSSR count). The molecule has 0 radical (unpaired) electrons. The van der Waals surface area contributed by atoms with Crippen LogP contribution in [-0.4, -0.2) is 43.7 Å². The summed E-state index contributed by atoms with van der Waals surface area (Å²) >= 11 is 0. The van der Waals surface area contributed by atoms with Crippen molar-refractivity contribution in [1.29, 1.82) is 0 Å². The van der Waals surface area contributed by atoms with Gasteiger partial charge >= 0.3 is 0 Å². The summed E-state index contributed by atoms with van der Waals surface area (Å²) in [5.41, 5.74) is -0.983. The van der Waals surface area contributed by atoms with Gasteiger partial charge in [-0.3, -0.25) is 0 Å². The fraction of sp³-hybridized carbons (Fsp3) is 0.800. The van der Waals surface area contributed by atoms with Crippen molar-refractivity contribution in [2.45, 2.75) is 24.5 Å². The molecular weight excluding hydrogens is 184 g/mol. The lowest BCUT2D eigenvalue weighted by molar-refractivity contribution is -0.162. The number of hydrogen-bond donors (Lipinski definition) is 1. The van der Waals surface area contributed by atoms with Crippen molar-refractivity contribution in [3.63, 3.8) is 0 Å². The van der Waals surface area contributed by atoms with Crippen LogP contribution in [0.1, 0.15) is 12.8 Å². The first-order valence-electron chi connectivity index (χ1n) is 4.94. The molecule has 0 amide bonds. The molecule has 4 nitrogen and oxygen atoms in total. The van der Waals surface area contributed by atoms with Crippen LogP contribution < -0.4 is 0 Å². The maximum absolute atomic E-state index is 10.4. The zero-order valence-corrected chi connectivity index (χ0v) is 8.36. The summed E-state index contributed by atoms with van der Waals surface area (Å²) in [5, 5.41) is 10.4. The van der Waals surface area contributed by atoms with Gasteiger partial charge in [0.2, 0.25) is 0 Å². The molecule has 0 spiro atoms. The average Bonchev–Trinajstić information content (AvgIpc) is 2.72. The third-order valence-electron chi connectivity index (χ3n) is 2.85. The summed E-state index contributed by atoms with van der Waals surface area (Å²) in [6.45, 7) is 1.64. The Hall–Kier alpha value is -0.580. The summed E-state index contributed by atoms with van der Waals surface area (Å²) in [6, 6.07) is 0. The standard InChI is InChI=1S/C10H16O4/c1-12-9-7-13-6-4-10(9,11)8-3-2-5-14-8/h3,9,11H,2,4-7H2,1H3. The Kier molecular flexibility index (Phi) is 2.76. The van der Waals surface area contributed by atoms with Gasteiger partial charge in [0.15, 0.2) is 5.60 Å². The summed E-state index contributed by atoms with van der Waals surface area (Å²) < 4.78 is 15.9. The molecule has 1 fully saturated rings. The van der Waals surface area contributed by atoms with Crippen LogP contribution in [0.5, 0.6) is 0 Å². The first-order valence-corrected chi connectivity index (χ1v) is 4.94. The Bertz CT molecular complexity index is 238. The lowest BCUT2D eigenvalue weighted by Gasteiger charge is -2.38. The van der Waals surface area contributed by atoms with Gasteiger partial charge in [0.1, 0.15) is 11.9 Å². The van der Waals surface area contributed by atoms with Gasteiger partial charge in [0.25, 0.3) is 0 Å². The number of ether oxygens (including phenoxy) is 3. The van der Waals surface area contributed by atoms with Crippen LogP contribution in [0.2, 0.25) is 0 Å². The van der Waals surface area contributed by atoms with Crippen LogP contribution in [0.4, 0.5) is 0 Å². The smallest absolute Gasteiger partial charge is 0.151 e. The van der Waals surface area contributed by atoms with Gasteiger partial charge in [0, 0.05) is 26.6 Å². The monoisotopic (exact) mass is 200 g/mol. The van der Waals surface area contributed by atoms with Crippen molar-refractivity contribution in [1.82, 2.24) is 0 Å². The van der Waals surface area contributed by atoms with E-state index in [1.54, 1.807) is 7.11 Å². The average molecular weight is 200 g/mol. The van der Waals surface area contributed by atoms with Gasteiger partial charge < -0.3 is 19.3 Å². The Morgan fingerprint density at radius 2 is 2.43 bits per heavy atom. The van der Waals surface area contributed by atoms with Gasteiger partial charge in [-0.1, -0.05) is 0 Å². The lowest BCUT2D eigenvalue weighted by atomic mass is 9.89. The summed E-state index contributed by atoms with van der Waals surface area (Å²) in [5.74, 6) is 0.660. The molecule has 2 heterocycles. The first-order chi connectivity index (χ1) is 6.77. The van der Waals surface area contributed by atoms with Gasteiger partial charge in [0.05, 0.1) is 13.2 Å². The molecule has 1 N–H and O–H groups in total. The molecular formula is C10H16O4.